The van der Waals surface area contributed by atoms with Crippen molar-refractivity contribution in [3.8, 4) is 6.07 Å². The Hall–Kier alpha value is -2.23. The summed E-state index contributed by atoms with van der Waals surface area (Å²) < 4.78 is 38.8. The molecular formula is C15H18F3N3O. The van der Waals surface area contributed by atoms with Crippen LogP contribution in [0, 0.1) is 16.7 Å². The van der Waals surface area contributed by atoms with Crippen LogP contribution in [-0.4, -0.2) is 19.0 Å². The first-order valence-electron chi connectivity index (χ1n) is 6.69. The summed E-state index contributed by atoms with van der Waals surface area (Å²) in [5.74, 6) is -0.176. The minimum atomic E-state index is -4.55. The van der Waals surface area contributed by atoms with Crippen molar-refractivity contribution in [1.82, 2.24) is 5.32 Å². The van der Waals surface area contributed by atoms with Gasteiger partial charge in [0.15, 0.2) is 0 Å². The second-order valence-electron chi connectivity index (χ2n) is 5.80. The van der Waals surface area contributed by atoms with E-state index in [1.165, 1.54) is 12.1 Å². The average molecular weight is 313 g/mol. The van der Waals surface area contributed by atoms with Gasteiger partial charge in [-0.15, -0.1) is 0 Å². The number of hydrogen-bond donors (Lipinski definition) is 2. The SMILES string of the molecule is CC(C)(C)C(=O)NCCNc1ccc(C#N)cc1C(F)(F)F. The Balaban J connectivity index is 2.71. The summed E-state index contributed by atoms with van der Waals surface area (Å²) in [6.07, 6.45) is -4.55. The molecular weight excluding hydrogens is 295 g/mol. The van der Waals surface area contributed by atoms with Gasteiger partial charge in [-0.1, -0.05) is 20.8 Å². The highest BCUT2D eigenvalue weighted by Crippen LogP contribution is 2.35. The van der Waals surface area contributed by atoms with Gasteiger partial charge in [-0.25, -0.2) is 0 Å². The summed E-state index contributed by atoms with van der Waals surface area (Å²) in [5.41, 5.74) is -1.62. The van der Waals surface area contributed by atoms with E-state index in [4.69, 9.17) is 5.26 Å². The lowest BCUT2D eigenvalue weighted by molar-refractivity contribution is -0.137. The summed E-state index contributed by atoms with van der Waals surface area (Å²) in [6, 6.07) is 5.01. The van der Waals surface area contributed by atoms with Crippen LogP contribution < -0.4 is 10.6 Å². The fourth-order valence-electron chi connectivity index (χ4n) is 1.64. The van der Waals surface area contributed by atoms with E-state index in [0.29, 0.717) is 0 Å². The first-order valence-corrected chi connectivity index (χ1v) is 6.69. The number of halogens is 3. The van der Waals surface area contributed by atoms with Crippen LogP contribution in [0.4, 0.5) is 18.9 Å². The lowest BCUT2D eigenvalue weighted by atomic mass is 9.96. The lowest BCUT2D eigenvalue weighted by Gasteiger charge is -2.18. The van der Waals surface area contributed by atoms with E-state index < -0.39 is 17.2 Å². The molecule has 4 nitrogen and oxygen atoms in total. The summed E-state index contributed by atoms with van der Waals surface area (Å²) >= 11 is 0. The highest BCUT2D eigenvalue weighted by atomic mass is 19.4. The van der Waals surface area contributed by atoms with E-state index in [1.54, 1.807) is 26.8 Å². The zero-order valence-corrected chi connectivity index (χ0v) is 12.6. The zero-order valence-electron chi connectivity index (χ0n) is 12.6. The van der Waals surface area contributed by atoms with Gasteiger partial charge < -0.3 is 10.6 Å². The fraction of sp³-hybridized carbons (Fsp3) is 0.467. The number of benzene rings is 1. The number of nitrogens with one attached hydrogen (secondary N) is 2. The van der Waals surface area contributed by atoms with Crippen molar-refractivity contribution >= 4 is 11.6 Å². The standard InChI is InChI=1S/C15H18F3N3O/c1-14(2,3)13(22)21-7-6-20-12-5-4-10(9-19)8-11(12)15(16,17)18/h4-5,8,20H,6-7H2,1-3H3,(H,21,22). The van der Waals surface area contributed by atoms with Crippen molar-refractivity contribution in [1.29, 1.82) is 5.26 Å². The number of amides is 1. The van der Waals surface area contributed by atoms with Gasteiger partial charge in [-0.3, -0.25) is 4.79 Å². The van der Waals surface area contributed by atoms with E-state index in [0.717, 1.165) is 6.07 Å². The number of rotatable bonds is 4. The first kappa shape index (κ1) is 17.8. The molecule has 0 unspecified atom stereocenters. The molecule has 1 aromatic rings. The van der Waals surface area contributed by atoms with Gasteiger partial charge in [0.2, 0.25) is 5.91 Å². The van der Waals surface area contributed by atoms with Crippen LogP contribution >= 0.6 is 0 Å². The number of carbonyl (C=O) groups is 1. The average Bonchev–Trinajstić information content (AvgIpc) is 2.41. The van der Waals surface area contributed by atoms with Crippen molar-refractivity contribution in [2.75, 3.05) is 18.4 Å². The molecule has 0 atom stereocenters. The lowest BCUT2D eigenvalue weighted by Crippen LogP contribution is -2.37. The van der Waals surface area contributed by atoms with Crippen LogP contribution in [0.2, 0.25) is 0 Å². The molecule has 0 spiro atoms. The molecule has 0 saturated carbocycles. The van der Waals surface area contributed by atoms with Crippen LogP contribution in [0.1, 0.15) is 31.9 Å². The van der Waals surface area contributed by atoms with Crippen LogP contribution in [0.5, 0.6) is 0 Å². The predicted molar refractivity (Wildman–Crippen MR) is 77.1 cm³/mol. The van der Waals surface area contributed by atoms with Gasteiger partial charge in [0, 0.05) is 24.2 Å². The molecule has 1 rings (SSSR count). The quantitative estimate of drug-likeness (QED) is 0.839. The van der Waals surface area contributed by atoms with Gasteiger partial charge in [0.05, 0.1) is 17.2 Å². The maximum Gasteiger partial charge on any atom is 0.418 e. The Bertz CT molecular complexity index is 583. The number of nitriles is 1. The zero-order chi connectivity index (χ0) is 17.0. The minimum Gasteiger partial charge on any atom is -0.383 e. The number of carbonyl (C=O) groups excluding carboxylic acids is 1. The summed E-state index contributed by atoms with van der Waals surface area (Å²) in [7, 11) is 0. The second-order valence-corrected chi connectivity index (χ2v) is 5.80. The maximum absolute atomic E-state index is 12.9. The smallest absolute Gasteiger partial charge is 0.383 e. The number of anilines is 1. The molecule has 0 radical (unpaired) electrons. The third-order valence-corrected chi connectivity index (χ3v) is 2.86. The van der Waals surface area contributed by atoms with Crippen molar-refractivity contribution in [3.05, 3.63) is 29.3 Å². The Labute approximate surface area is 127 Å². The van der Waals surface area contributed by atoms with Gasteiger partial charge in [0.1, 0.15) is 0 Å². The molecule has 0 bridgehead atoms. The Morgan fingerprint density at radius 2 is 1.86 bits per heavy atom. The first-order chi connectivity index (χ1) is 10.1. The molecule has 120 valence electrons. The predicted octanol–water partition coefficient (Wildman–Crippen LogP) is 3.15. The topological polar surface area (TPSA) is 64.9 Å². The molecule has 0 saturated heterocycles. The highest BCUT2D eigenvalue weighted by molar-refractivity contribution is 5.81. The minimum absolute atomic E-state index is 0.0566. The molecule has 0 aliphatic carbocycles. The molecule has 2 N–H and O–H groups in total. The summed E-state index contributed by atoms with van der Waals surface area (Å²) in [6.45, 7) is 5.60. The Morgan fingerprint density at radius 1 is 1.23 bits per heavy atom. The van der Waals surface area contributed by atoms with E-state index in [2.05, 4.69) is 10.6 Å². The normalized spacial score (nSPS) is 11.7. The van der Waals surface area contributed by atoms with E-state index in [9.17, 15) is 18.0 Å². The summed E-state index contributed by atoms with van der Waals surface area (Å²) in [5, 5.41) is 14.0. The molecule has 1 aromatic carbocycles. The van der Waals surface area contributed by atoms with Crippen LogP contribution in [0.15, 0.2) is 18.2 Å². The van der Waals surface area contributed by atoms with Crippen LogP contribution in [0.3, 0.4) is 0 Å². The van der Waals surface area contributed by atoms with Crippen LogP contribution in [-0.2, 0) is 11.0 Å². The van der Waals surface area contributed by atoms with E-state index in [-0.39, 0.29) is 30.2 Å². The molecule has 1 amide bonds. The van der Waals surface area contributed by atoms with E-state index >= 15 is 0 Å². The molecule has 22 heavy (non-hydrogen) atoms. The van der Waals surface area contributed by atoms with Gasteiger partial charge in [-0.05, 0) is 18.2 Å². The monoisotopic (exact) mass is 313 g/mol. The number of hydrogen-bond acceptors (Lipinski definition) is 3. The number of nitrogens with zero attached hydrogens (tertiary/aromatic N) is 1. The highest BCUT2D eigenvalue weighted by Gasteiger charge is 2.33. The molecule has 0 aliphatic rings. The molecule has 0 aromatic heterocycles. The van der Waals surface area contributed by atoms with E-state index in [1.807, 2.05) is 0 Å². The van der Waals surface area contributed by atoms with Gasteiger partial charge in [-0.2, -0.15) is 18.4 Å². The Morgan fingerprint density at radius 3 is 2.36 bits per heavy atom. The Kier molecular flexibility index (Phi) is 5.42. The maximum atomic E-state index is 12.9. The van der Waals surface area contributed by atoms with Gasteiger partial charge >= 0.3 is 6.18 Å². The largest absolute Gasteiger partial charge is 0.418 e. The second kappa shape index (κ2) is 6.69. The van der Waals surface area contributed by atoms with Crippen molar-refractivity contribution in [3.63, 3.8) is 0 Å². The molecule has 0 fully saturated rings. The molecule has 0 heterocycles. The van der Waals surface area contributed by atoms with Crippen molar-refractivity contribution in [2.45, 2.75) is 26.9 Å². The molecule has 7 heteroatoms. The van der Waals surface area contributed by atoms with Crippen molar-refractivity contribution in [2.24, 2.45) is 5.41 Å². The fourth-order valence-corrected chi connectivity index (χ4v) is 1.64. The van der Waals surface area contributed by atoms with Gasteiger partial charge in [0.25, 0.3) is 0 Å². The number of alkyl halides is 3. The van der Waals surface area contributed by atoms with Crippen LogP contribution in [0.25, 0.3) is 0 Å². The van der Waals surface area contributed by atoms with Crippen molar-refractivity contribution < 1.29 is 18.0 Å². The third-order valence-electron chi connectivity index (χ3n) is 2.86. The third kappa shape index (κ3) is 4.95. The molecule has 0 aliphatic heterocycles. The summed E-state index contributed by atoms with van der Waals surface area (Å²) in [4.78, 5) is 11.6.